The summed E-state index contributed by atoms with van der Waals surface area (Å²) < 4.78 is 37.1. The molecule has 1 aromatic heterocycles. The topological polar surface area (TPSA) is 271 Å². The molecule has 0 saturated carbocycles. The lowest BCUT2D eigenvalue weighted by Crippen LogP contribution is -2.58. The number of aliphatic carboxylic acids is 1. The number of hydroxylamine groups is 3. The van der Waals surface area contributed by atoms with Crippen LogP contribution in [-0.4, -0.2) is 136 Å². The van der Waals surface area contributed by atoms with Gasteiger partial charge in [0.2, 0.25) is 11.8 Å². The minimum atomic E-state index is -2.70. The highest BCUT2D eigenvalue weighted by Gasteiger charge is 2.44. The van der Waals surface area contributed by atoms with Crippen molar-refractivity contribution in [1.29, 1.82) is 0 Å². The fraction of sp³-hybridized carbons (Fsp3) is 0.396. The summed E-state index contributed by atoms with van der Waals surface area (Å²) in [6.07, 6.45) is 1.73. The number of carboxylic acid groups (broad SMARTS) is 2. The van der Waals surface area contributed by atoms with Gasteiger partial charge in [0.25, 0.3) is 11.8 Å². The maximum atomic E-state index is 13.9. The van der Waals surface area contributed by atoms with Crippen LogP contribution in [0.25, 0.3) is 10.4 Å². The van der Waals surface area contributed by atoms with Gasteiger partial charge in [0.05, 0.1) is 49.0 Å². The van der Waals surface area contributed by atoms with Crippen LogP contribution in [0.4, 0.5) is 11.4 Å². The molecule has 23 heteroatoms. The van der Waals surface area contributed by atoms with Crippen molar-refractivity contribution in [3.63, 3.8) is 0 Å². The van der Waals surface area contributed by atoms with Gasteiger partial charge in [-0.25, -0.2) is 13.9 Å². The van der Waals surface area contributed by atoms with Gasteiger partial charge in [-0.15, -0.1) is 11.3 Å². The molecular weight excluding hydrogens is 984 g/mol. The molecule has 4 aromatic rings. The Hall–Kier alpha value is -6.11. The number of benzene rings is 3. The SMILES string of the molecule is C=S(=O)(Cc1cccc(NC(=O)CCOCCOCCNC(=O)COc2cccc3c2C[N+]([O-])(C2CCC(=O)NC2=O)C3)c1)N1CCC(Nc2cccc(-c3sc(C(=O)O)c(OCC(=O)O)c3Cl)c2)CC1. The summed E-state index contributed by atoms with van der Waals surface area (Å²) in [7, 11) is -2.70. The van der Waals surface area contributed by atoms with E-state index in [-0.39, 0.29) is 117 Å². The number of hydrogen-bond acceptors (Lipinski definition) is 14. The molecule has 20 nitrogen and oxygen atoms in total. The van der Waals surface area contributed by atoms with Crippen LogP contribution in [0.2, 0.25) is 5.02 Å². The monoisotopic (exact) mass is 1040 g/mol. The van der Waals surface area contributed by atoms with Crippen LogP contribution in [0.5, 0.6) is 11.5 Å². The van der Waals surface area contributed by atoms with E-state index in [1.54, 1.807) is 48.5 Å². The number of amides is 4. The molecule has 71 heavy (non-hydrogen) atoms. The molecule has 4 amide bonds. The number of thiophene rings is 1. The molecule has 2 saturated heterocycles. The van der Waals surface area contributed by atoms with Crippen molar-refractivity contribution < 1.29 is 66.8 Å². The van der Waals surface area contributed by atoms with Crippen LogP contribution >= 0.6 is 22.9 Å². The lowest BCUT2D eigenvalue weighted by atomic mass is 10.0. The largest absolute Gasteiger partial charge is 0.632 e. The van der Waals surface area contributed by atoms with Crippen molar-refractivity contribution in [1.82, 2.24) is 14.9 Å². The van der Waals surface area contributed by atoms with Gasteiger partial charge in [0.1, 0.15) is 23.9 Å². The number of carboxylic acids is 2. The van der Waals surface area contributed by atoms with Gasteiger partial charge >= 0.3 is 11.9 Å². The molecule has 0 aliphatic carbocycles. The van der Waals surface area contributed by atoms with E-state index in [1.165, 1.54) is 0 Å². The zero-order valence-electron chi connectivity index (χ0n) is 38.6. The summed E-state index contributed by atoms with van der Waals surface area (Å²) >= 11 is 7.39. The summed E-state index contributed by atoms with van der Waals surface area (Å²) in [5, 5.41) is 43.7. The van der Waals surface area contributed by atoms with Crippen LogP contribution in [0.1, 0.15) is 58.5 Å². The zero-order chi connectivity index (χ0) is 50.7. The van der Waals surface area contributed by atoms with Crippen LogP contribution in [-0.2, 0) is 62.0 Å². The van der Waals surface area contributed by atoms with E-state index in [9.17, 15) is 43.3 Å². The molecule has 3 aliphatic heterocycles. The van der Waals surface area contributed by atoms with E-state index in [0.29, 0.717) is 53.4 Å². The van der Waals surface area contributed by atoms with Crippen LogP contribution in [0.15, 0.2) is 66.7 Å². The molecule has 6 N–H and O–H groups in total. The number of carbonyl (C=O) groups is 6. The second-order valence-corrected chi connectivity index (χ2v) is 21.0. The molecule has 2 fully saturated rings. The first-order chi connectivity index (χ1) is 34.0. The van der Waals surface area contributed by atoms with Crippen molar-refractivity contribution >= 4 is 85.5 Å². The third-order valence-corrected chi connectivity index (χ3v) is 15.8. The van der Waals surface area contributed by atoms with E-state index in [2.05, 4.69) is 27.1 Å². The zero-order valence-corrected chi connectivity index (χ0v) is 41.0. The smallest absolute Gasteiger partial charge is 0.349 e. The number of anilines is 2. The number of nitrogens with zero attached hydrogens (tertiary/aromatic N) is 2. The highest BCUT2D eigenvalue weighted by molar-refractivity contribution is 7.97. The number of rotatable bonds is 24. The maximum absolute atomic E-state index is 13.9. The first kappa shape index (κ1) is 52.7. The van der Waals surface area contributed by atoms with E-state index < -0.39 is 44.8 Å². The second kappa shape index (κ2) is 23.9. The molecule has 3 aromatic carbocycles. The number of quaternary nitrogens is 1. The molecule has 380 valence electrons. The minimum absolute atomic E-state index is 0.00203. The fourth-order valence-electron chi connectivity index (χ4n) is 8.60. The number of fused-ring (bicyclic) bond motifs is 1. The fourth-order valence-corrected chi connectivity index (χ4v) is 11.8. The van der Waals surface area contributed by atoms with Gasteiger partial charge in [-0.2, -0.15) is 0 Å². The van der Waals surface area contributed by atoms with E-state index >= 15 is 0 Å². The van der Waals surface area contributed by atoms with Crippen LogP contribution in [0.3, 0.4) is 0 Å². The number of ether oxygens (including phenoxy) is 4. The molecule has 4 heterocycles. The van der Waals surface area contributed by atoms with Gasteiger partial charge < -0.3 is 55.0 Å². The van der Waals surface area contributed by atoms with Gasteiger partial charge in [0, 0.05) is 65.2 Å². The van der Waals surface area contributed by atoms with Gasteiger partial charge in [0.15, 0.2) is 29.9 Å². The number of aromatic carboxylic acids is 1. The first-order valence-corrected chi connectivity index (χ1v) is 25.9. The third-order valence-electron chi connectivity index (χ3n) is 12.0. The second-order valence-electron chi connectivity index (χ2n) is 17.2. The number of nitrogens with one attached hydrogen (secondary N) is 4. The summed E-state index contributed by atoms with van der Waals surface area (Å²) in [6, 6.07) is 18.8. The van der Waals surface area contributed by atoms with Crippen molar-refractivity contribution in [3.8, 4) is 21.9 Å². The average molecular weight is 1040 g/mol. The van der Waals surface area contributed by atoms with Gasteiger partial charge in [-0.1, -0.05) is 48.0 Å². The molecule has 0 bridgehead atoms. The Bertz CT molecular complexity index is 2750. The van der Waals surface area contributed by atoms with E-state index in [1.807, 2.05) is 22.5 Å². The van der Waals surface area contributed by atoms with Crippen molar-refractivity contribution in [2.75, 3.05) is 69.9 Å². The maximum Gasteiger partial charge on any atom is 0.349 e. The Labute approximate surface area is 418 Å². The molecule has 0 radical (unpaired) electrons. The number of hydrogen-bond donors (Lipinski definition) is 6. The highest BCUT2D eigenvalue weighted by Crippen LogP contribution is 2.46. The van der Waals surface area contributed by atoms with Crippen molar-refractivity contribution in [2.24, 2.45) is 0 Å². The number of piperidine rings is 2. The first-order valence-electron chi connectivity index (χ1n) is 22.8. The van der Waals surface area contributed by atoms with Gasteiger partial charge in [-0.05, 0) is 60.2 Å². The number of halogens is 1. The van der Waals surface area contributed by atoms with Crippen LogP contribution < -0.4 is 30.7 Å². The summed E-state index contributed by atoms with van der Waals surface area (Å²) in [6.45, 7) is 1.15. The lowest BCUT2D eigenvalue weighted by Gasteiger charge is -2.45. The molecule has 0 spiro atoms. The average Bonchev–Trinajstić information content (AvgIpc) is 3.86. The van der Waals surface area contributed by atoms with E-state index in [4.69, 9.17) is 35.7 Å². The predicted octanol–water partition coefficient (Wildman–Crippen LogP) is 4.63. The van der Waals surface area contributed by atoms with Crippen molar-refractivity contribution in [2.45, 2.75) is 63.0 Å². The van der Waals surface area contributed by atoms with Crippen molar-refractivity contribution in [3.05, 3.63) is 98.5 Å². The standard InChI is InChI=1S/C48H55ClN6O14S2/c1-71(65,54-17-13-33(14-18-54)51-35-9-3-6-31(24-35)45-43(49)44(69-28-42(59)60)46(70-45)48(62)63)29-30-5-2-8-34(23-30)52-40(57)15-19-66-21-22-67-20-16-50-41(58)27-68-38-10-4-7-32-25-55(64,26-36(32)38)37-11-12-39(56)53-47(37)61/h2-10,23-24,33,37,51H,1,11-22,25-29H2,(H,50,58)(H,52,57)(H,59,60)(H,62,63)(H,53,56,61). The summed E-state index contributed by atoms with van der Waals surface area (Å²) in [5.41, 5.74) is 4.09. The summed E-state index contributed by atoms with van der Waals surface area (Å²) in [4.78, 5) is 72.3. The highest BCUT2D eigenvalue weighted by atomic mass is 35.5. The Morgan fingerprint density at radius 3 is 2.38 bits per heavy atom. The van der Waals surface area contributed by atoms with Gasteiger partial charge in [-0.3, -0.25) is 28.7 Å². The Morgan fingerprint density at radius 2 is 1.63 bits per heavy atom. The molecule has 3 aliphatic rings. The quantitative estimate of drug-likeness (QED) is 0.0184. The molecular formula is C48H55ClN6O14S2. The number of imide groups is 1. The Morgan fingerprint density at radius 1 is 0.901 bits per heavy atom. The molecule has 3 unspecified atom stereocenters. The molecule has 3 atom stereocenters. The Kier molecular flexibility index (Phi) is 17.7. The number of carbonyl (C=O) groups excluding carboxylic acids is 4. The molecule has 7 rings (SSSR count). The lowest BCUT2D eigenvalue weighted by molar-refractivity contribution is -0.916. The third kappa shape index (κ3) is 14.1. The predicted molar refractivity (Wildman–Crippen MR) is 266 cm³/mol. The summed E-state index contributed by atoms with van der Waals surface area (Å²) in [5.74, 6) is 0.350. The van der Waals surface area contributed by atoms with E-state index in [0.717, 1.165) is 28.2 Å². The minimum Gasteiger partial charge on any atom is -0.632 e. The van der Waals surface area contributed by atoms with Crippen LogP contribution in [0, 0.1) is 5.21 Å². The Balaban J connectivity index is 0.755. The normalized spacial score (nSPS) is 19.0.